The maximum absolute atomic E-state index is 10.7. The highest BCUT2D eigenvalue weighted by Crippen LogP contribution is 2.27. The third kappa shape index (κ3) is 2.12. The van der Waals surface area contributed by atoms with Crippen LogP contribution in [-0.4, -0.2) is 14.9 Å². The smallest absolute Gasteiger partial charge is 0.300 e. The monoisotopic (exact) mass is 270 g/mol. The molecule has 0 atom stereocenters. The molecule has 1 aromatic heterocycles. The Kier molecular flexibility index (Phi) is 2.72. The molecule has 0 saturated heterocycles. The maximum atomic E-state index is 10.7. The minimum absolute atomic E-state index is 0.00748. The van der Waals surface area contributed by atoms with Crippen LogP contribution in [0.2, 0.25) is 0 Å². The highest BCUT2D eigenvalue weighted by Gasteiger charge is 2.11. The third-order valence-electron chi connectivity index (χ3n) is 2.78. The zero-order valence-corrected chi connectivity index (χ0v) is 10.2. The molecule has 0 radical (unpaired) electrons. The molecule has 3 aromatic rings. The summed E-state index contributed by atoms with van der Waals surface area (Å²) in [7, 11) is 0. The molecule has 0 aliphatic carbocycles. The lowest BCUT2D eigenvalue weighted by molar-refractivity contribution is -0.384. The van der Waals surface area contributed by atoms with Crippen LogP contribution in [0.15, 0.2) is 42.5 Å². The van der Waals surface area contributed by atoms with Crippen molar-refractivity contribution < 1.29 is 9.66 Å². The minimum Gasteiger partial charge on any atom is -0.423 e. The van der Waals surface area contributed by atoms with E-state index in [2.05, 4.69) is 9.97 Å². The molecule has 3 N–H and O–H groups in total. The molecular formula is C13H10N4O3. The first-order chi connectivity index (χ1) is 9.63. The predicted molar refractivity (Wildman–Crippen MR) is 73.7 cm³/mol. The van der Waals surface area contributed by atoms with Gasteiger partial charge in [0.2, 0.25) is 0 Å². The van der Waals surface area contributed by atoms with Crippen molar-refractivity contribution in [3.63, 3.8) is 0 Å². The van der Waals surface area contributed by atoms with Crippen molar-refractivity contribution in [2.75, 3.05) is 5.73 Å². The van der Waals surface area contributed by atoms with E-state index in [1.54, 1.807) is 30.3 Å². The van der Waals surface area contributed by atoms with Crippen molar-refractivity contribution in [2.45, 2.75) is 0 Å². The number of anilines is 1. The van der Waals surface area contributed by atoms with E-state index < -0.39 is 4.92 Å². The zero-order chi connectivity index (χ0) is 14.1. The van der Waals surface area contributed by atoms with Crippen molar-refractivity contribution in [3.05, 3.63) is 52.6 Å². The fraction of sp³-hybridized carbons (Fsp3) is 0. The quantitative estimate of drug-likeness (QED) is 0.432. The van der Waals surface area contributed by atoms with Crippen LogP contribution in [0, 0.1) is 10.1 Å². The Bertz CT molecular complexity index is 797. The van der Waals surface area contributed by atoms with Gasteiger partial charge in [-0.05, 0) is 18.2 Å². The molecular weight excluding hydrogens is 260 g/mol. The van der Waals surface area contributed by atoms with E-state index in [9.17, 15) is 10.1 Å². The Morgan fingerprint density at radius 3 is 2.80 bits per heavy atom. The van der Waals surface area contributed by atoms with E-state index >= 15 is 0 Å². The Morgan fingerprint density at radius 2 is 2.05 bits per heavy atom. The van der Waals surface area contributed by atoms with Crippen molar-refractivity contribution in [1.82, 2.24) is 9.97 Å². The number of para-hydroxylation sites is 2. The van der Waals surface area contributed by atoms with E-state index in [0.29, 0.717) is 22.5 Å². The van der Waals surface area contributed by atoms with Gasteiger partial charge in [0.1, 0.15) is 0 Å². The van der Waals surface area contributed by atoms with Gasteiger partial charge >= 0.3 is 0 Å². The van der Waals surface area contributed by atoms with E-state index in [1.165, 1.54) is 12.1 Å². The van der Waals surface area contributed by atoms with Crippen LogP contribution in [0.3, 0.4) is 0 Å². The Hall–Kier alpha value is -3.09. The number of rotatable bonds is 3. The van der Waals surface area contributed by atoms with Gasteiger partial charge in [0.05, 0.1) is 21.6 Å². The molecule has 2 aromatic carbocycles. The number of H-pyrrole nitrogens is 1. The summed E-state index contributed by atoms with van der Waals surface area (Å²) in [6.07, 6.45) is 0. The normalized spacial score (nSPS) is 10.6. The van der Waals surface area contributed by atoms with E-state index in [1.807, 2.05) is 0 Å². The fourth-order valence-electron chi connectivity index (χ4n) is 1.81. The average Bonchev–Trinajstić information content (AvgIpc) is 2.82. The fourth-order valence-corrected chi connectivity index (χ4v) is 1.81. The number of hydrogen-bond donors (Lipinski definition) is 2. The van der Waals surface area contributed by atoms with Crippen LogP contribution in [-0.2, 0) is 0 Å². The largest absolute Gasteiger partial charge is 0.423 e. The number of aromatic amines is 1. The molecule has 7 nitrogen and oxygen atoms in total. The Balaban J connectivity index is 1.97. The lowest BCUT2D eigenvalue weighted by atomic mass is 10.3. The molecule has 0 fully saturated rings. The molecule has 0 aliphatic rings. The second-order valence-corrected chi connectivity index (χ2v) is 4.14. The summed E-state index contributed by atoms with van der Waals surface area (Å²) in [5.74, 6) is 0.473. The number of imidazole rings is 1. The van der Waals surface area contributed by atoms with E-state index in [4.69, 9.17) is 10.5 Å². The van der Waals surface area contributed by atoms with Gasteiger partial charge in [-0.2, -0.15) is 4.98 Å². The van der Waals surface area contributed by atoms with Gasteiger partial charge in [-0.3, -0.25) is 10.1 Å². The van der Waals surface area contributed by atoms with Crippen LogP contribution < -0.4 is 10.5 Å². The summed E-state index contributed by atoms with van der Waals surface area (Å²) in [5.41, 5.74) is 7.36. The minimum atomic E-state index is -0.462. The summed E-state index contributed by atoms with van der Waals surface area (Å²) in [6, 6.07) is 11.6. The molecule has 0 spiro atoms. The summed E-state index contributed by atoms with van der Waals surface area (Å²) >= 11 is 0. The molecule has 100 valence electrons. The molecule has 0 saturated carbocycles. The SMILES string of the molecule is Nc1ccccc1Oc1nc2ccc([N+](=O)[O-])cc2[nH]1. The molecule has 3 rings (SSSR count). The van der Waals surface area contributed by atoms with Gasteiger partial charge in [-0.15, -0.1) is 0 Å². The zero-order valence-electron chi connectivity index (χ0n) is 10.2. The van der Waals surface area contributed by atoms with Crippen molar-refractivity contribution in [2.24, 2.45) is 0 Å². The molecule has 7 heteroatoms. The van der Waals surface area contributed by atoms with Gasteiger partial charge in [0, 0.05) is 12.1 Å². The number of non-ortho nitro benzene ring substituents is 1. The second kappa shape index (κ2) is 4.54. The highest BCUT2D eigenvalue weighted by molar-refractivity contribution is 5.78. The number of nitro groups is 1. The molecule has 0 amide bonds. The first kappa shape index (κ1) is 12.0. The summed E-state index contributed by atoms with van der Waals surface area (Å²) in [5, 5.41) is 10.7. The van der Waals surface area contributed by atoms with Crippen LogP contribution in [0.4, 0.5) is 11.4 Å². The van der Waals surface area contributed by atoms with Crippen molar-refractivity contribution >= 4 is 22.4 Å². The maximum Gasteiger partial charge on any atom is 0.300 e. The van der Waals surface area contributed by atoms with Crippen LogP contribution in [0.5, 0.6) is 11.8 Å². The number of nitrogen functional groups attached to an aromatic ring is 1. The van der Waals surface area contributed by atoms with E-state index in [0.717, 1.165) is 0 Å². The van der Waals surface area contributed by atoms with Crippen LogP contribution in [0.25, 0.3) is 11.0 Å². The first-order valence-electron chi connectivity index (χ1n) is 5.80. The molecule has 20 heavy (non-hydrogen) atoms. The summed E-state index contributed by atoms with van der Waals surface area (Å²) in [6.45, 7) is 0. The molecule has 1 heterocycles. The van der Waals surface area contributed by atoms with Gasteiger partial charge in [0.15, 0.2) is 5.75 Å². The topological polar surface area (TPSA) is 107 Å². The second-order valence-electron chi connectivity index (χ2n) is 4.14. The van der Waals surface area contributed by atoms with Gasteiger partial charge in [-0.25, -0.2) is 0 Å². The summed E-state index contributed by atoms with van der Waals surface area (Å²) < 4.78 is 5.53. The van der Waals surface area contributed by atoms with Crippen LogP contribution in [0.1, 0.15) is 0 Å². The Labute approximate surface area is 113 Å². The summed E-state index contributed by atoms with van der Waals surface area (Å²) in [4.78, 5) is 17.3. The van der Waals surface area contributed by atoms with Gasteiger partial charge < -0.3 is 15.5 Å². The van der Waals surface area contributed by atoms with Crippen LogP contribution >= 0.6 is 0 Å². The highest BCUT2D eigenvalue weighted by atomic mass is 16.6. The lowest BCUT2D eigenvalue weighted by Gasteiger charge is -2.03. The van der Waals surface area contributed by atoms with Gasteiger partial charge in [-0.1, -0.05) is 12.1 Å². The first-order valence-corrected chi connectivity index (χ1v) is 5.80. The number of nitrogens with zero attached hydrogens (tertiary/aromatic N) is 2. The number of fused-ring (bicyclic) bond motifs is 1. The number of benzene rings is 2. The van der Waals surface area contributed by atoms with Gasteiger partial charge in [0.25, 0.3) is 11.7 Å². The van der Waals surface area contributed by atoms with Crippen molar-refractivity contribution in [3.8, 4) is 11.8 Å². The number of hydrogen-bond acceptors (Lipinski definition) is 5. The third-order valence-corrected chi connectivity index (χ3v) is 2.78. The number of nitro benzene ring substituents is 1. The Morgan fingerprint density at radius 1 is 1.25 bits per heavy atom. The molecule has 0 bridgehead atoms. The van der Waals surface area contributed by atoms with E-state index in [-0.39, 0.29) is 11.7 Å². The standard InChI is InChI=1S/C13H10N4O3/c14-9-3-1-2-4-12(9)20-13-15-10-6-5-8(17(18)19)7-11(10)16-13/h1-7H,14H2,(H,15,16). The number of nitrogens with two attached hydrogens (primary N) is 1. The molecule has 0 aliphatic heterocycles. The average molecular weight is 270 g/mol. The number of ether oxygens (including phenoxy) is 1. The predicted octanol–water partition coefficient (Wildman–Crippen LogP) is 2.85. The number of aromatic nitrogens is 2. The lowest BCUT2D eigenvalue weighted by Crippen LogP contribution is -1.92. The number of nitrogens with one attached hydrogen (secondary N) is 1. The van der Waals surface area contributed by atoms with Crippen molar-refractivity contribution in [1.29, 1.82) is 0 Å². The molecule has 0 unspecified atom stereocenters.